The van der Waals surface area contributed by atoms with Gasteiger partial charge in [0.15, 0.2) is 5.69 Å². The molecule has 9 nitrogen and oxygen atoms in total. The molecule has 2 aliphatic rings. The van der Waals surface area contributed by atoms with Crippen LogP contribution in [0.3, 0.4) is 0 Å². The normalized spacial score (nSPS) is 29.4. The van der Waals surface area contributed by atoms with Crippen LogP contribution < -0.4 is 5.73 Å². The highest BCUT2D eigenvalue weighted by Gasteiger charge is 2.49. The summed E-state index contributed by atoms with van der Waals surface area (Å²) >= 11 is 0. The van der Waals surface area contributed by atoms with Gasteiger partial charge in [0.05, 0.1) is 30.9 Å². The zero-order valence-electron chi connectivity index (χ0n) is 11.6. The quantitative estimate of drug-likeness (QED) is 0.712. The van der Waals surface area contributed by atoms with Gasteiger partial charge < -0.3 is 20.5 Å². The molecule has 1 amide bonds. The molecule has 0 spiro atoms. The third-order valence-electron chi connectivity index (χ3n) is 4.26. The first kappa shape index (κ1) is 14.0. The second-order valence-corrected chi connectivity index (χ2v) is 5.79. The van der Waals surface area contributed by atoms with Crippen molar-refractivity contribution in [3.63, 3.8) is 0 Å². The summed E-state index contributed by atoms with van der Waals surface area (Å²) in [6.45, 7) is 3.50. The van der Waals surface area contributed by atoms with E-state index in [-0.39, 0.29) is 23.7 Å². The number of likely N-dealkylation sites (tertiary alicyclic amines) is 1. The van der Waals surface area contributed by atoms with Gasteiger partial charge in [0.2, 0.25) is 5.91 Å². The summed E-state index contributed by atoms with van der Waals surface area (Å²) in [4.78, 5) is 24.9. The van der Waals surface area contributed by atoms with E-state index in [2.05, 4.69) is 10.3 Å². The van der Waals surface area contributed by atoms with Crippen LogP contribution in [0.1, 0.15) is 23.5 Å². The molecular formula is C12H17N5O4. The van der Waals surface area contributed by atoms with Gasteiger partial charge in [-0.05, 0) is 6.92 Å². The number of carboxylic acid groups (broad SMARTS) is 1. The predicted molar refractivity (Wildman–Crippen MR) is 69.5 cm³/mol. The number of nitrogens with zero attached hydrogens (tertiary/aromatic N) is 4. The number of rotatable bonds is 3. The molecule has 3 rings (SSSR count). The summed E-state index contributed by atoms with van der Waals surface area (Å²) in [5.41, 5.74) is 5.17. The molecule has 2 atom stereocenters. The third kappa shape index (κ3) is 2.18. The molecule has 1 aromatic heterocycles. The molecule has 3 heterocycles. The minimum absolute atomic E-state index is 0.0256. The fraction of sp³-hybridized carbons (Fsp3) is 0.667. The first-order valence-electron chi connectivity index (χ1n) is 6.69. The summed E-state index contributed by atoms with van der Waals surface area (Å²) < 4.78 is 6.77. The molecule has 0 aromatic carbocycles. The van der Waals surface area contributed by atoms with Gasteiger partial charge in [0.1, 0.15) is 0 Å². The Morgan fingerprint density at radius 3 is 2.76 bits per heavy atom. The van der Waals surface area contributed by atoms with Crippen LogP contribution in [0.4, 0.5) is 0 Å². The van der Waals surface area contributed by atoms with E-state index < -0.39 is 11.4 Å². The van der Waals surface area contributed by atoms with Crippen molar-refractivity contribution in [2.75, 3.05) is 26.3 Å². The Kier molecular flexibility index (Phi) is 3.18. The number of hydrogen-bond acceptors (Lipinski definition) is 6. The molecule has 0 saturated carbocycles. The Morgan fingerprint density at radius 2 is 2.24 bits per heavy atom. The summed E-state index contributed by atoms with van der Waals surface area (Å²) in [6, 6.07) is -0.342. The number of carboxylic acids is 1. The molecule has 3 N–H and O–H groups in total. The molecule has 2 aliphatic heterocycles. The number of carbonyl (C=O) groups is 2. The average molecular weight is 295 g/mol. The van der Waals surface area contributed by atoms with E-state index >= 15 is 0 Å². The van der Waals surface area contributed by atoms with Crippen LogP contribution in [0.5, 0.6) is 0 Å². The molecule has 0 bridgehead atoms. The van der Waals surface area contributed by atoms with Gasteiger partial charge >= 0.3 is 5.97 Å². The second-order valence-electron chi connectivity index (χ2n) is 5.79. The fourth-order valence-electron chi connectivity index (χ4n) is 2.61. The van der Waals surface area contributed by atoms with Crippen LogP contribution in [-0.4, -0.2) is 69.2 Å². The largest absolute Gasteiger partial charge is 0.476 e. The number of hydrogen-bond donors (Lipinski definition) is 2. The maximum Gasteiger partial charge on any atom is 0.358 e. The summed E-state index contributed by atoms with van der Waals surface area (Å²) in [5, 5.41) is 16.2. The van der Waals surface area contributed by atoms with Crippen molar-refractivity contribution in [3.05, 3.63) is 11.9 Å². The van der Waals surface area contributed by atoms with Crippen molar-refractivity contribution in [1.82, 2.24) is 19.9 Å². The first-order valence-corrected chi connectivity index (χ1v) is 6.69. The standard InChI is InChI=1S/C12H17N5O4/c1-12(6-21-5-9(12)13)11(20)16-2-7(3-16)17-4-8(10(18)19)14-15-17/h4,7,9H,2-3,5-6,13H2,1H3,(H,18,19). The van der Waals surface area contributed by atoms with Crippen molar-refractivity contribution < 1.29 is 19.4 Å². The Bertz CT molecular complexity index is 582. The molecule has 0 aliphatic carbocycles. The van der Waals surface area contributed by atoms with E-state index in [4.69, 9.17) is 15.6 Å². The van der Waals surface area contributed by atoms with Crippen molar-refractivity contribution in [2.24, 2.45) is 11.1 Å². The van der Waals surface area contributed by atoms with Gasteiger partial charge in [0.25, 0.3) is 0 Å². The number of ether oxygens (including phenoxy) is 1. The van der Waals surface area contributed by atoms with E-state index in [9.17, 15) is 9.59 Å². The minimum atomic E-state index is -1.12. The van der Waals surface area contributed by atoms with Crippen LogP contribution in [-0.2, 0) is 9.53 Å². The molecule has 0 radical (unpaired) electrons. The number of amides is 1. The lowest BCUT2D eigenvalue weighted by molar-refractivity contribution is -0.148. The zero-order valence-corrected chi connectivity index (χ0v) is 11.6. The van der Waals surface area contributed by atoms with Gasteiger partial charge in [-0.2, -0.15) is 0 Å². The van der Waals surface area contributed by atoms with E-state index in [1.54, 1.807) is 4.90 Å². The van der Waals surface area contributed by atoms with Gasteiger partial charge in [-0.3, -0.25) is 4.79 Å². The first-order chi connectivity index (χ1) is 9.91. The Hall–Kier alpha value is -2.00. The topological polar surface area (TPSA) is 124 Å². The maximum atomic E-state index is 12.5. The summed E-state index contributed by atoms with van der Waals surface area (Å²) in [6.07, 6.45) is 1.38. The average Bonchev–Trinajstić information content (AvgIpc) is 2.97. The van der Waals surface area contributed by atoms with Crippen LogP contribution in [0.15, 0.2) is 6.20 Å². The molecule has 2 fully saturated rings. The summed E-state index contributed by atoms with van der Waals surface area (Å²) in [7, 11) is 0. The van der Waals surface area contributed by atoms with Crippen LogP contribution in [0.25, 0.3) is 0 Å². The van der Waals surface area contributed by atoms with Crippen molar-refractivity contribution in [1.29, 1.82) is 0 Å². The number of carbonyl (C=O) groups excluding carboxylic acids is 1. The van der Waals surface area contributed by atoms with Gasteiger partial charge in [-0.25, -0.2) is 9.48 Å². The van der Waals surface area contributed by atoms with E-state index in [1.807, 2.05) is 6.92 Å². The molecule has 9 heteroatoms. The maximum absolute atomic E-state index is 12.5. The van der Waals surface area contributed by atoms with Crippen LogP contribution >= 0.6 is 0 Å². The lowest BCUT2D eigenvalue weighted by Crippen LogP contribution is -2.59. The lowest BCUT2D eigenvalue weighted by atomic mass is 9.83. The second kappa shape index (κ2) is 4.78. The Labute approximate surface area is 120 Å². The highest BCUT2D eigenvalue weighted by molar-refractivity contribution is 5.85. The SMILES string of the molecule is CC1(C(=O)N2CC(n3cc(C(=O)O)nn3)C2)COCC1N. The number of aromatic carboxylic acids is 1. The molecule has 2 unspecified atom stereocenters. The highest BCUT2D eigenvalue weighted by Crippen LogP contribution is 2.33. The highest BCUT2D eigenvalue weighted by atomic mass is 16.5. The Balaban J connectivity index is 1.62. The number of aromatic nitrogens is 3. The molecule has 114 valence electrons. The Morgan fingerprint density at radius 1 is 1.52 bits per heavy atom. The van der Waals surface area contributed by atoms with Gasteiger partial charge in [-0.1, -0.05) is 5.21 Å². The fourth-order valence-corrected chi connectivity index (χ4v) is 2.61. The van der Waals surface area contributed by atoms with E-state index in [0.29, 0.717) is 26.3 Å². The molecule has 1 aromatic rings. The number of nitrogens with two attached hydrogens (primary N) is 1. The summed E-state index contributed by atoms with van der Waals surface area (Å²) in [5.74, 6) is -1.14. The monoisotopic (exact) mass is 295 g/mol. The smallest absolute Gasteiger partial charge is 0.358 e. The van der Waals surface area contributed by atoms with Crippen molar-refractivity contribution >= 4 is 11.9 Å². The van der Waals surface area contributed by atoms with E-state index in [1.165, 1.54) is 10.9 Å². The molecular weight excluding hydrogens is 278 g/mol. The lowest BCUT2D eigenvalue weighted by Gasteiger charge is -2.43. The zero-order chi connectivity index (χ0) is 15.2. The predicted octanol–water partition coefficient (Wildman–Crippen LogP) is -1.28. The van der Waals surface area contributed by atoms with Crippen molar-refractivity contribution in [3.8, 4) is 0 Å². The van der Waals surface area contributed by atoms with Gasteiger partial charge in [0, 0.05) is 19.1 Å². The van der Waals surface area contributed by atoms with Crippen LogP contribution in [0, 0.1) is 5.41 Å². The third-order valence-corrected chi connectivity index (χ3v) is 4.26. The minimum Gasteiger partial charge on any atom is -0.476 e. The van der Waals surface area contributed by atoms with E-state index in [0.717, 1.165) is 0 Å². The molecule has 21 heavy (non-hydrogen) atoms. The molecule has 2 saturated heterocycles. The van der Waals surface area contributed by atoms with Crippen molar-refractivity contribution in [2.45, 2.75) is 19.0 Å². The van der Waals surface area contributed by atoms with Gasteiger partial charge in [-0.15, -0.1) is 5.10 Å². The van der Waals surface area contributed by atoms with Crippen LogP contribution in [0.2, 0.25) is 0 Å².